The third kappa shape index (κ3) is 3.93. The maximum Gasteiger partial charge on any atom is 0.311 e. The quantitative estimate of drug-likeness (QED) is 0.800. The van der Waals surface area contributed by atoms with Gasteiger partial charge in [0.05, 0.1) is 5.41 Å². The van der Waals surface area contributed by atoms with E-state index in [4.69, 9.17) is 14.2 Å². The van der Waals surface area contributed by atoms with Gasteiger partial charge < -0.3 is 24.6 Å². The van der Waals surface area contributed by atoms with Crippen LogP contribution < -0.4 is 14.8 Å². The first-order valence-corrected chi connectivity index (χ1v) is 8.83. The van der Waals surface area contributed by atoms with Crippen LogP contribution in [0.15, 0.2) is 18.2 Å². The van der Waals surface area contributed by atoms with Gasteiger partial charge in [-0.25, -0.2) is 0 Å². The van der Waals surface area contributed by atoms with E-state index < -0.39 is 11.4 Å². The van der Waals surface area contributed by atoms with Crippen LogP contribution in [0.5, 0.6) is 11.5 Å². The summed E-state index contributed by atoms with van der Waals surface area (Å²) >= 11 is 0. The van der Waals surface area contributed by atoms with Crippen LogP contribution in [-0.4, -0.2) is 48.9 Å². The molecule has 1 aromatic rings. The van der Waals surface area contributed by atoms with Crippen LogP contribution in [0.1, 0.15) is 32.3 Å². The van der Waals surface area contributed by atoms with Crippen molar-refractivity contribution < 1.29 is 28.9 Å². The molecule has 2 N–H and O–H groups in total. The SMILES string of the molecule is CC1(C)Cc2cccc(OCC(=O)NCC3(C(=O)O)CCOCC3)c2O1. The molecule has 0 saturated carbocycles. The van der Waals surface area contributed by atoms with Crippen molar-refractivity contribution in [1.82, 2.24) is 5.32 Å². The standard InChI is InChI=1S/C19H25NO6/c1-18(2)10-13-4-3-5-14(16(13)26-18)25-11-15(21)20-12-19(17(22)23)6-8-24-9-7-19/h3-5H,6-12H2,1-2H3,(H,20,21)(H,22,23). The Morgan fingerprint density at radius 2 is 2.00 bits per heavy atom. The van der Waals surface area contributed by atoms with Gasteiger partial charge in [-0.05, 0) is 32.8 Å². The Bertz CT molecular complexity index is 693. The van der Waals surface area contributed by atoms with Gasteiger partial charge in [-0.3, -0.25) is 9.59 Å². The highest BCUT2D eigenvalue weighted by Gasteiger charge is 2.40. The molecule has 142 valence electrons. The molecule has 0 radical (unpaired) electrons. The average molecular weight is 363 g/mol. The number of carboxylic acids is 1. The first-order valence-electron chi connectivity index (χ1n) is 8.83. The molecule has 0 aromatic heterocycles. The van der Waals surface area contributed by atoms with Gasteiger partial charge in [-0.15, -0.1) is 0 Å². The van der Waals surface area contributed by atoms with Gasteiger partial charge in [0.1, 0.15) is 5.60 Å². The fraction of sp³-hybridized carbons (Fsp3) is 0.579. The van der Waals surface area contributed by atoms with E-state index in [0.717, 1.165) is 12.0 Å². The van der Waals surface area contributed by atoms with Crippen molar-refractivity contribution in [3.8, 4) is 11.5 Å². The second kappa shape index (κ2) is 7.15. The molecule has 0 unspecified atom stereocenters. The number of aliphatic carboxylic acids is 1. The van der Waals surface area contributed by atoms with Crippen LogP contribution in [0.2, 0.25) is 0 Å². The van der Waals surface area contributed by atoms with Gasteiger partial charge in [-0.1, -0.05) is 12.1 Å². The normalized spacial score (nSPS) is 19.9. The predicted octanol–water partition coefficient (Wildman–Crippen LogP) is 1.78. The molecule has 26 heavy (non-hydrogen) atoms. The Morgan fingerprint density at radius 1 is 1.27 bits per heavy atom. The van der Waals surface area contributed by atoms with E-state index >= 15 is 0 Å². The summed E-state index contributed by atoms with van der Waals surface area (Å²) in [6.07, 6.45) is 1.56. The molecule has 0 atom stereocenters. The highest BCUT2D eigenvalue weighted by atomic mass is 16.5. The molecular formula is C19H25NO6. The van der Waals surface area contributed by atoms with Crippen LogP contribution in [0.4, 0.5) is 0 Å². The summed E-state index contributed by atoms with van der Waals surface area (Å²) in [5.41, 5.74) is -0.198. The van der Waals surface area contributed by atoms with Gasteiger partial charge >= 0.3 is 5.97 Å². The van der Waals surface area contributed by atoms with Crippen LogP contribution in [0, 0.1) is 5.41 Å². The predicted molar refractivity (Wildman–Crippen MR) is 93.5 cm³/mol. The van der Waals surface area contributed by atoms with Crippen molar-refractivity contribution >= 4 is 11.9 Å². The van der Waals surface area contributed by atoms with E-state index in [1.807, 2.05) is 26.0 Å². The van der Waals surface area contributed by atoms with E-state index in [1.165, 1.54) is 0 Å². The van der Waals surface area contributed by atoms with Gasteiger partial charge in [-0.2, -0.15) is 0 Å². The highest BCUT2D eigenvalue weighted by Crippen LogP contribution is 2.41. The molecular weight excluding hydrogens is 338 g/mol. The monoisotopic (exact) mass is 363 g/mol. The summed E-state index contributed by atoms with van der Waals surface area (Å²) < 4.78 is 16.8. The number of fused-ring (bicyclic) bond motifs is 1. The molecule has 2 aliphatic rings. The summed E-state index contributed by atoms with van der Waals surface area (Å²) in [6, 6.07) is 5.63. The second-order valence-electron chi connectivity index (χ2n) is 7.55. The van der Waals surface area contributed by atoms with Crippen molar-refractivity contribution in [1.29, 1.82) is 0 Å². The van der Waals surface area contributed by atoms with Gasteiger partial charge in [0.25, 0.3) is 5.91 Å². The number of para-hydroxylation sites is 1. The number of nitrogens with one attached hydrogen (secondary N) is 1. The maximum absolute atomic E-state index is 12.2. The lowest BCUT2D eigenvalue weighted by atomic mass is 9.80. The lowest BCUT2D eigenvalue weighted by Crippen LogP contribution is -2.47. The molecule has 2 aliphatic heterocycles. The zero-order valence-electron chi connectivity index (χ0n) is 15.2. The summed E-state index contributed by atoms with van der Waals surface area (Å²) in [5.74, 6) is -0.0514. The van der Waals surface area contributed by atoms with E-state index in [2.05, 4.69) is 5.32 Å². The Labute approximate surface area is 152 Å². The average Bonchev–Trinajstić information content (AvgIpc) is 2.93. The fourth-order valence-corrected chi connectivity index (χ4v) is 3.39. The molecule has 7 heteroatoms. The van der Waals surface area contributed by atoms with Crippen molar-refractivity contribution in [2.24, 2.45) is 5.41 Å². The van der Waals surface area contributed by atoms with Crippen LogP contribution in [0.25, 0.3) is 0 Å². The maximum atomic E-state index is 12.2. The van der Waals surface area contributed by atoms with E-state index in [1.54, 1.807) is 6.07 Å². The summed E-state index contributed by atoms with van der Waals surface area (Å²) in [4.78, 5) is 23.8. The number of benzene rings is 1. The molecule has 1 saturated heterocycles. The zero-order chi connectivity index (χ0) is 18.8. The summed E-state index contributed by atoms with van der Waals surface area (Å²) in [7, 11) is 0. The minimum Gasteiger partial charge on any atom is -0.483 e. The number of carbonyl (C=O) groups is 2. The number of carboxylic acid groups (broad SMARTS) is 1. The second-order valence-corrected chi connectivity index (χ2v) is 7.55. The summed E-state index contributed by atoms with van der Waals surface area (Å²) in [5, 5.41) is 12.2. The van der Waals surface area contributed by atoms with Crippen molar-refractivity contribution in [2.45, 2.75) is 38.7 Å². The molecule has 1 fully saturated rings. The van der Waals surface area contributed by atoms with E-state index in [0.29, 0.717) is 37.6 Å². The number of rotatable bonds is 6. The molecule has 0 spiro atoms. The number of hydrogen-bond acceptors (Lipinski definition) is 5. The lowest BCUT2D eigenvalue weighted by Gasteiger charge is -2.33. The van der Waals surface area contributed by atoms with Crippen molar-refractivity contribution in [2.75, 3.05) is 26.4 Å². The molecule has 0 bridgehead atoms. The molecule has 1 amide bonds. The smallest absolute Gasteiger partial charge is 0.311 e. The lowest BCUT2D eigenvalue weighted by molar-refractivity contribution is -0.154. The first-order chi connectivity index (χ1) is 12.3. The molecule has 3 rings (SSSR count). The van der Waals surface area contributed by atoms with E-state index in [9.17, 15) is 14.7 Å². The van der Waals surface area contributed by atoms with E-state index in [-0.39, 0.29) is 24.7 Å². The minimum atomic E-state index is -0.963. The van der Waals surface area contributed by atoms with Crippen LogP contribution in [-0.2, 0) is 20.7 Å². The zero-order valence-corrected chi connectivity index (χ0v) is 15.2. The number of carbonyl (C=O) groups excluding carboxylic acids is 1. The largest absolute Gasteiger partial charge is 0.483 e. The van der Waals surface area contributed by atoms with Gasteiger partial charge in [0, 0.05) is 31.7 Å². The van der Waals surface area contributed by atoms with Crippen LogP contribution >= 0.6 is 0 Å². The van der Waals surface area contributed by atoms with Crippen molar-refractivity contribution in [3.63, 3.8) is 0 Å². The number of ether oxygens (including phenoxy) is 3. The van der Waals surface area contributed by atoms with Gasteiger partial charge in [0.2, 0.25) is 0 Å². The first kappa shape index (κ1) is 18.5. The molecule has 7 nitrogen and oxygen atoms in total. The Balaban J connectivity index is 1.56. The summed E-state index contributed by atoms with van der Waals surface area (Å²) in [6.45, 7) is 4.67. The highest BCUT2D eigenvalue weighted by molar-refractivity contribution is 5.80. The third-order valence-corrected chi connectivity index (χ3v) is 4.94. The van der Waals surface area contributed by atoms with Crippen LogP contribution in [0.3, 0.4) is 0 Å². The Kier molecular flexibility index (Phi) is 5.09. The minimum absolute atomic E-state index is 0.0737. The van der Waals surface area contributed by atoms with Gasteiger partial charge in [0.15, 0.2) is 18.1 Å². The molecule has 1 aromatic carbocycles. The molecule has 0 aliphatic carbocycles. The fourth-order valence-electron chi connectivity index (χ4n) is 3.39. The number of amides is 1. The van der Waals surface area contributed by atoms with Crippen molar-refractivity contribution in [3.05, 3.63) is 23.8 Å². The molecule has 2 heterocycles. The third-order valence-electron chi connectivity index (χ3n) is 4.94. The number of hydrogen-bond donors (Lipinski definition) is 2. The Hall–Kier alpha value is -2.28. The topological polar surface area (TPSA) is 94.1 Å². The Morgan fingerprint density at radius 3 is 2.69 bits per heavy atom.